The Kier molecular flexibility index (Phi) is 6.26. The minimum Gasteiger partial charge on any atom is -0.406 e. The molecular formula is C22H18F3N3O3S2. The molecule has 1 aromatic carbocycles. The molecule has 0 unspecified atom stereocenters. The van der Waals surface area contributed by atoms with E-state index < -0.39 is 6.36 Å². The molecule has 0 atom stereocenters. The van der Waals surface area contributed by atoms with Crippen molar-refractivity contribution in [3.05, 3.63) is 68.4 Å². The lowest BCUT2D eigenvalue weighted by Gasteiger charge is -2.17. The van der Waals surface area contributed by atoms with E-state index in [1.54, 1.807) is 18.4 Å². The first-order chi connectivity index (χ1) is 15.6. The molecule has 3 aromatic heterocycles. The fourth-order valence-corrected chi connectivity index (χ4v) is 5.20. The van der Waals surface area contributed by atoms with Gasteiger partial charge in [-0.15, -0.1) is 35.8 Å². The minimum atomic E-state index is -4.76. The summed E-state index contributed by atoms with van der Waals surface area (Å²) < 4.78 is 40.7. The average Bonchev–Trinajstić information content (AvgIpc) is 3.34. The molecule has 0 aliphatic heterocycles. The van der Waals surface area contributed by atoms with Crippen LogP contribution in [0.4, 0.5) is 13.2 Å². The van der Waals surface area contributed by atoms with Crippen LogP contribution in [0.5, 0.6) is 5.75 Å². The molecule has 0 aliphatic rings. The zero-order valence-electron chi connectivity index (χ0n) is 17.5. The number of carbonyl (C=O) groups excluding carboxylic acids is 1. The van der Waals surface area contributed by atoms with E-state index in [0.29, 0.717) is 15.8 Å². The van der Waals surface area contributed by atoms with Crippen LogP contribution in [-0.2, 0) is 17.8 Å². The number of aromatic amines is 1. The number of likely N-dealkylation sites (N-methyl/N-ethyl adjacent to an activating group) is 1. The summed E-state index contributed by atoms with van der Waals surface area (Å²) in [4.78, 5) is 36.6. The van der Waals surface area contributed by atoms with E-state index in [2.05, 4.69) is 14.7 Å². The number of rotatable bonds is 6. The van der Waals surface area contributed by atoms with Crippen molar-refractivity contribution in [2.45, 2.75) is 26.3 Å². The molecule has 1 N–H and O–H groups in total. The molecule has 0 spiro atoms. The largest absolute Gasteiger partial charge is 0.573 e. The number of thiophene rings is 2. The van der Waals surface area contributed by atoms with Crippen molar-refractivity contribution < 1.29 is 22.7 Å². The van der Waals surface area contributed by atoms with Crippen molar-refractivity contribution in [2.75, 3.05) is 7.05 Å². The third kappa shape index (κ3) is 5.42. The number of alkyl halides is 3. The van der Waals surface area contributed by atoms with Gasteiger partial charge >= 0.3 is 6.36 Å². The molecule has 0 radical (unpaired) electrons. The maximum atomic E-state index is 12.7. The molecule has 6 nitrogen and oxygen atoms in total. The van der Waals surface area contributed by atoms with Crippen LogP contribution in [0.15, 0.2) is 46.6 Å². The van der Waals surface area contributed by atoms with Crippen molar-refractivity contribution in [1.82, 2.24) is 14.9 Å². The van der Waals surface area contributed by atoms with Crippen molar-refractivity contribution >= 4 is 38.8 Å². The second kappa shape index (κ2) is 8.99. The van der Waals surface area contributed by atoms with Gasteiger partial charge in [-0.1, -0.05) is 12.1 Å². The number of hydrogen-bond acceptors (Lipinski definition) is 6. The number of nitrogens with one attached hydrogen (secondary N) is 1. The lowest BCUT2D eigenvalue weighted by molar-refractivity contribution is -0.274. The highest BCUT2D eigenvalue weighted by atomic mass is 32.1. The lowest BCUT2D eigenvalue weighted by atomic mass is 10.2. The summed E-state index contributed by atoms with van der Waals surface area (Å²) >= 11 is 2.94. The van der Waals surface area contributed by atoms with Crippen molar-refractivity contribution in [1.29, 1.82) is 0 Å². The van der Waals surface area contributed by atoms with Gasteiger partial charge in [0.25, 0.3) is 5.56 Å². The number of halogens is 3. The molecule has 1 amide bonds. The monoisotopic (exact) mass is 493 g/mol. The molecule has 172 valence electrons. The van der Waals surface area contributed by atoms with Gasteiger partial charge in [0.1, 0.15) is 16.4 Å². The van der Waals surface area contributed by atoms with Crippen LogP contribution in [0, 0.1) is 6.92 Å². The summed E-state index contributed by atoms with van der Waals surface area (Å²) in [5.74, 6) is -0.365. The highest BCUT2D eigenvalue weighted by Gasteiger charge is 2.31. The molecule has 4 aromatic rings. The van der Waals surface area contributed by atoms with Crippen LogP contribution in [0.1, 0.15) is 16.3 Å². The Hall–Kier alpha value is -3.18. The van der Waals surface area contributed by atoms with Gasteiger partial charge in [0.2, 0.25) is 5.91 Å². The smallest absolute Gasteiger partial charge is 0.406 e. The molecular weight excluding hydrogens is 475 g/mol. The van der Waals surface area contributed by atoms with Crippen molar-refractivity contribution in [3.63, 3.8) is 0 Å². The molecule has 0 saturated carbocycles. The summed E-state index contributed by atoms with van der Waals surface area (Å²) in [5, 5.41) is 2.40. The number of aromatic nitrogens is 2. The van der Waals surface area contributed by atoms with Gasteiger partial charge in [0, 0.05) is 34.3 Å². The van der Waals surface area contributed by atoms with E-state index in [4.69, 9.17) is 0 Å². The third-order valence-electron chi connectivity index (χ3n) is 4.82. The second-order valence-corrected chi connectivity index (χ2v) is 9.52. The Labute approximate surface area is 194 Å². The Morgan fingerprint density at radius 1 is 1.18 bits per heavy atom. The number of amides is 1. The number of benzene rings is 1. The van der Waals surface area contributed by atoms with Crippen LogP contribution >= 0.6 is 22.7 Å². The van der Waals surface area contributed by atoms with Gasteiger partial charge in [-0.05, 0) is 36.8 Å². The van der Waals surface area contributed by atoms with Gasteiger partial charge in [-0.2, -0.15) is 0 Å². The number of H-pyrrole nitrogens is 1. The predicted molar refractivity (Wildman–Crippen MR) is 122 cm³/mol. The van der Waals surface area contributed by atoms with Crippen LogP contribution in [0.2, 0.25) is 0 Å². The van der Waals surface area contributed by atoms with Crippen LogP contribution in [0.25, 0.3) is 20.7 Å². The zero-order chi connectivity index (χ0) is 23.8. The average molecular weight is 494 g/mol. The number of hydrogen-bond donors (Lipinski definition) is 1. The second-order valence-electron chi connectivity index (χ2n) is 7.37. The summed E-state index contributed by atoms with van der Waals surface area (Å²) in [6.45, 7) is 2.18. The minimum absolute atomic E-state index is 0.109. The summed E-state index contributed by atoms with van der Waals surface area (Å²) in [5.41, 5.74) is 1.16. The van der Waals surface area contributed by atoms with Crippen molar-refractivity contribution in [2.24, 2.45) is 0 Å². The molecule has 0 bridgehead atoms. The lowest BCUT2D eigenvalue weighted by Crippen LogP contribution is -2.29. The summed E-state index contributed by atoms with van der Waals surface area (Å²) in [6, 6.07) is 9.25. The number of fused-ring (bicyclic) bond motifs is 1. The molecule has 4 rings (SSSR count). The summed E-state index contributed by atoms with van der Waals surface area (Å²) in [6.07, 6.45) is -4.87. The van der Waals surface area contributed by atoms with Gasteiger partial charge < -0.3 is 14.6 Å². The Morgan fingerprint density at radius 2 is 1.91 bits per heavy atom. The number of nitrogens with zero attached hydrogens (tertiary/aromatic N) is 2. The predicted octanol–water partition coefficient (Wildman–Crippen LogP) is 5.12. The normalized spacial score (nSPS) is 11.7. The quantitative estimate of drug-likeness (QED) is 0.405. The van der Waals surface area contributed by atoms with Gasteiger partial charge in [0.05, 0.1) is 11.8 Å². The van der Waals surface area contributed by atoms with Gasteiger partial charge in [-0.25, -0.2) is 4.98 Å². The molecule has 33 heavy (non-hydrogen) atoms. The summed E-state index contributed by atoms with van der Waals surface area (Å²) in [7, 11) is 1.57. The number of aryl methyl sites for hydroxylation is 1. The molecule has 0 aliphatic carbocycles. The molecule has 0 fully saturated rings. The first kappa shape index (κ1) is 23.0. The van der Waals surface area contributed by atoms with Crippen LogP contribution < -0.4 is 10.3 Å². The highest BCUT2D eigenvalue weighted by Crippen LogP contribution is 2.35. The first-order valence-electron chi connectivity index (χ1n) is 9.75. The Balaban J connectivity index is 1.45. The third-order valence-corrected chi connectivity index (χ3v) is 6.73. The fraction of sp³-hybridized carbons (Fsp3) is 0.227. The molecule has 11 heteroatoms. The van der Waals surface area contributed by atoms with E-state index in [1.165, 1.54) is 40.5 Å². The standard InChI is InChI=1S/C22H18F3N3O3S2/c1-12-3-8-16(33-12)15-11-32-21-19(15)20(30)26-17(27-21)9-18(29)28(2)10-13-4-6-14(7-5-13)31-22(23,24)25/h3-8,11H,9-10H2,1-2H3,(H,26,27,30). The van der Waals surface area contributed by atoms with Crippen LogP contribution in [-0.4, -0.2) is 34.2 Å². The zero-order valence-corrected chi connectivity index (χ0v) is 19.2. The Bertz CT molecular complexity index is 1360. The maximum absolute atomic E-state index is 12.7. The highest BCUT2D eigenvalue weighted by molar-refractivity contribution is 7.19. The molecule has 3 heterocycles. The first-order valence-corrected chi connectivity index (χ1v) is 11.4. The Morgan fingerprint density at radius 3 is 2.55 bits per heavy atom. The maximum Gasteiger partial charge on any atom is 0.573 e. The van der Waals surface area contributed by atoms with E-state index in [-0.39, 0.29) is 36.0 Å². The van der Waals surface area contributed by atoms with Gasteiger partial charge in [-0.3, -0.25) is 9.59 Å². The van der Waals surface area contributed by atoms with E-state index in [1.807, 2.05) is 24.4 Å². The van der Waals surface area contributed by atoms with Gasteiger partial charge in [0.15, 0.2) is 0 Å². The number of ether oxygens (including phenoxy) is 1. The fourth-order valence-electron chi connectivity index (χ4n) is 3.27. The topological polar surface area (TPSA) is 75.3 Å². The van der Waals surface area contributed by atoms with E-state index >= 15 is 0 Å². The van der Waals surface area contributed by atoms with Crippen LogP contribution in [0.3, 0.4) is 0 Å². The van der Waals surface area contributed by atoms with Crippen molar-refractivity contribution in [3.8, 4) is 16.2 Å². The SMILES string of the molecule is Cc1ccc(-c2csc3nc(CC(=O)N(C)Cc4ccc(OC(F)(F)F)cc4)[nH]c(=O)c23)s1. The number of carbonyl (C=O) groups is 1. The van der Waals surface area contributed by atoms with E-state index in [0.717, 1.165) is 15.3 Å². The van der Waals surface area contributed by atoms with E-state index in [9.17, 15) is 22.8 Å². The molecule has 0 saturated heterocycles.